The molecule has 2 aromatic carbocycles. The van der Waals surface area contributed by atoms with Crippen LogP contribution in [0.25, 0.3) is 0 Å². The molecule has 0 amide bonds. The van der Waals surface area contributed by atoms with E-state index in [4.69, 9.17) is 23.7 Å². The maximum Gasteiger partial charge on any atom is 0.343 e. The number of ether oxygens (including phenoxy) is 5. The third kappa shape index (κ3) is 15.1. The van der Waals surface area contributed by atoms with Gasteiger partial charge in [-0.2, -0.15) is 0 Å². The largest absolute Gasteiger partial charge is 0.455 e. The van der Waals surface area contributed by atoms with Crippen molar-refractivity contribution in [3.63, 3.8) is 0 Å². The van der Waals surface area contributed by atoms with Crippen LogP contribution in [0.3, 0.4) is 0 Å². The zero-order valence-electron chi connectivity index (χ0n) is 29.1. The first-order valence-electron chi connectivity index (χ1n) is 18.2. The molecule has 1 unspecified atom stereocenters. The van der Waals surface area contributed by atoms with Gasteiger partial charge in [-0.1, -0.05) is 84.6 Å². The van der Waals surface area contributed by atoms with Crippen molar-refractivity contribution in [1.29, 1.82) is 0 Å². The molecule has 0 heterocycles. The zero-order valence-corrected chi connectivity index (χ0v) is 29.1. The molecule has 0 aromatic heterocycles. The van der Waals surface area contributed by atoms with Crippen molar-refractivity contribution in [2.75, 3.05) is 6.61 Å². The second kappa shape index (κ2) is 22.8. The predicted octanol–water partition coefficient (Wildman–Crippen LogP) is 9.93. The summed E-state index contributed by atoms with van der Waals surface area (Å²) >= 11 is 0. The van der Waals surface area contributed by atoms with Crippen LogP contribution in [0.4, 0.5) is 0 Å². The molecule has 2 aromatic rings. The number of benzene rings is 2. The standard InChI is InChI=1S/C40H56O8/c1-4-7-9-11-12-13-14-15-17-38(48-37(41)6-3)45-34-24-20-32(21-25-34)40(43)47-36-28-26-35(27-29-36)46-39(42)31-18-22-33(23-19-31)44-30-16-10-8-5-2/h6,20-21,24-29,31,33,38H,3-5,7-19,22-23,30H2,1-2H3. The Balaban J connectivity index is 1.40. The van der Waals surface area contributed by atoms with E-state index in [0.717, 1.165) is 64.0 Å². The first-order chi connectivity index (χ1) is 23.4. The van der Waals surface area contributed by atoms with Gasteiger partial charge in [0.05, 0.1) is 17.6 Å². The molecule has 1 aliphatic rings. The zero-order chi connectivity index (χ0) is 34.4. The Morgan fingerprint density at radius 3 is 1.85 bits per heavy atom. The third-order valence-electron chi connectivity index (χ3n) is 8.68. The van der Waals surface area contributed by atoms with Gasteiger partial charge in [-0.25, -0.2) is 9.59 Å². The van der Waals surface area contributed by atoms with Crippen LogP contribution in [0.1, 0.15) is 133 Å². The summed E-state index contributed by atoms with van der Waals surface area (Å²) in [5, 5.41) is 0. The Hall–Kier alpha value is -3.65. The molecule has 0 radical (unpaired) electrons. The topological polar surface area (TPSA) is 97.4 Å². The molecule has 264 valence electrons. The van der Waals surface area contributed by atoms with E-state index in [-0.39, 0.29) is 18.0 Å². The van der Waals surface area contributed by atoms with Crippen LogP contribution in [-0.2, 0) is 19.1 Å². The number of unbranched alkanes of at least 4 members (excludes halogenated alkanes) is 10. The van der Waals surface area contributed by atoms with Gasteiger partial charge in [0.15, 0.2) is 0 Å². The first kappa shape index (κ1) is 38.8. The fourth-order valence-electron chi connectivity index (χ4n) is 5.77. The molecule has 1 atom stereocenters. The Morgan fingerprint density at radius 1 is 0.708 bits per heavy atom. The maximum absolute atomic E-state index is 12.8. The Bertz CT molecular complexity index is 1210. The number of hydrogen-bond acceptors (Lipinski definition) is 8. The number of rotatable bonds is 23. The molecule has 1 saturated carbocycles. The van der Waals surface area contributed by atoms with E-state index in [0.29, 0.717) is 29.2 Å². The fraction of sp³-hybridized carbons (Fsp3) is 0.575. The van der Waals surface area contributed by atoms with Crippen LogP contribution in [-0.4, -0.2) is 36.9 Å². The van der Waals surface area contributed by atoms with Crippen LogP contribution in [0.15, 0.2) is 61.2 Å². The van der Waals surface area contributed by atoms with Crippen LogP contribution in [0.5, 0.6) is 17.2 Å². The van der Waals surface area contributed by atoms with Gasteiger partial charge in [0, 0.05) is 19.1 Å². The summed E-state index contributed by atoms with van der Waals surface area (Å²) < 4.78 is 28.5. The predicted molar refractivity (Wildman–Crippen MR) is 187 cm³/mol. The summed E-state index contributed by atoms with van der Waals surface area (Å²) in [5.74, 6) is -0.229. The van der Waals surface area contributed by atoms with Crippen molar-refractivity contribution in [2.45, 2.75) is 135 Å². The summed E-state index contributed by atoms with van der Waals surface area (Å²) in [7, 11) is 0. The molecule has 48 heavy (non-hydrogen) atoms. The lowest BCUT2D eigenvalue weighted by Crippen LogP contribution is -2.29. The summed E-state index contributed by atoms with van der Waals surface area (Å²) in [4.78, 5) is 37.4. The molecule has 0 N–H and O–H groups in total. The van der Waals surface area contributed by atoms with E-state index < -0.39 is 18.2 Å². The van der Waals surface area contributed by atoms with Gasteiger partial charge in [0.2, 0.25) is 6.29 Å². The van der Waals surface area contributed by atoms with Crippen molar-refractivity contribution in [3.05, 3.63) is 66.7 Å². The molecule has 0 aliphatic heterocycles. The van der Waals surface area contributed by atoms with E-state index in [1.165, 1.54) is 51.4 Å². The van der Waals surface area contributed by atoms with Gasteiger partial charge < -0.3 is 23.7 Å². The molecule has 8 nitrogen and oxygen atoms in total. The van der Waals surface area contributed by atoms with Gasteiger partial charge in [0.25, 0.3) is 0 Å². The molecular weight excluding hydrogens is 608 g/mol. The highest BCUT2D eigenvalue weighted by molar-refractivity contribution is 5.91. The van der Waals surface area contributed by atoms with Crippen LogP contribution >= 0.6 is 0 Å². The molecule has 0 saturated heterocycles. The van der Waals surface area contributed by atoms with Gasteiger partial charge in [-0.05, 0) is 87.1 Å². The van der Waals surface area contributed by atoms with Gasteiger partial charge in [0.1, 0.15) is 17.2 Å². The minimum absolute atomic E-state index is 0.135. The lowest BCUT2D eigenvalue weighted by molar-refractivity contribution is -0.158. The SMILES string of the molecule is C=CC(=O)OC(CCCCCCCCCC)Oc1ccc(C(=O)Oc2ccc(OC(=O)C3CCC(OCCCCCC)CC3)cc2)cc1. The van der Waals surface area contributed by atoms with E-state index in [2.05, 4.69) is 20.4 Å². The van der Waals surface area contributed by atoms with Gasteiger partial charge >= 0.3 is 17.9 Å². The highest BCUT2D eigenvalue weighted by atomic mass is 16.7. The smallest absolute Gasteiger partial charge is 0.343 e. The minimum atomic E-state index is -0.741. The van der Waals surface area contributed by atoms with Gasteiger partial charge in [-0.3, -0.25) is 4.79 Å². The monoisotopic (exact) mass is 664 g/mol. The number of carbonyl (C=O) groups excluding carboxylic acids is 3. The maximum atomic E-state index is 12.8. The Labute approximate surface area is 287 Å². The van der Waals surface area contributed by atoms with Crippen LogP contribution in [0.2, 0.25) is 0 Å². The summed E-state index contributed by atoms with van der Waals surface area (Å²) in [6.45, 7) is 8.69. The molecule has 8 heteroatoms. The quantitative estimate of drug-likeness (QED) is 0.0381. The molecule has 1 aliphatic carbocycles. The lowest BCUT2D eigenvalue weighted by atomic mass is 9.87. The minimum Gasteiger partial charge on any atom is -0.455 e. The molecular formula is C40H56O8. The lowest BCUT2D eigenvalue weighted by Gasteiger charge is -2.27. The molecule has 0 spiro atoms. The van der Waals surface area contributed by atoms with E-state index in [1.54, 1.807) is 48.5 Å². The number of carbonyl (C=O) groups is 3. The highest BCUT2D eigenvalue weighted by Crippen LogP contribution is 2.29. The normalized spacial score (nSPS) is 16.5. The number of esters is 3. The van der Waals surface area contributed by atoms with Crippen LogP contribution < -0.4 is 14.2 Å². The van der Waals surface area contributed by atoms with Crippen molar-refractivity contribution in [2.24, 2.45) is 5.92 Å². The summed E-state index contributed by atoms with van der Waals surface area (Å²) in [6, 6.07) is 12.9. The molecule has 1 fully saturated rings. The average molecular weight is 665 g/mol. The van der Waals surface area contributed by atoms with Crippen molar-refractivity contribution in [3.8, 4) is 17.2 Å². The highest BCUT2D eigenvalue weighted by Gasteiger charge is 2.28. The van der Waals surface area contributed by atoms with Gasteiger partial charge in [-0.15, -0.1) is 0 Å². The Morgan fingerprint density at radius 2 is 1.25 bits per heavy atom. The Kier molecular flexibility index (Phi) is 18.5. The summed E-state index contributed by atoms with van der Waals surface area (Å²) in [6.07, 6.45) is 18.5. The van der Waals surface area contributed by atoms with Crippen molar-refractivity contribution < 1.29 is 38.1 Å². The van der Waals surface area contributed by atoms with E-state index in [1.807, 2.05) is 0 Å². The number of hydrogen-bond donors (Lipinski definition) is 0. The average Bonchev–Trinajstić information content (AvgIpc) is 3.10. The second-order valence-corrected chi connectivity index (χ2v) is 12.7. The molecule has 0 bridgehead atoms. The third-order valence-corrected chi connectivity index (χ3v) is 8.68. The van der Waals surface area contributed by atoms with E-state index >= 15 is 0 Å². The van der Waals surface area contributed by atoms with Crippen LogP contribution in [0, 0.1) is 5.92 Å². The first-order valence-corrected chi connectivity index (χ1v) is 18.2. The second-order valence-electron chi connectivity index (χ2n) is 12.7. The summed E-state index contributed by atoms with van der Waals surface area (Å²) in [5.41, 5.74) is 0.334. The van der Waals surface area contributed by atoms with Crippen molar-refractivity contribution in [1.82, 2.24) is 0 Å². The molecule has 3 rings (SSSR count). The fourth-order valence-corrected chi connectivity index (χ4v) is 5.77. The van der Waals surface area contributed by atoms with Crippen molar-refractivity contribution >= 4 is 17.9 Å². The van der Waals surface area contributed by atoms with E-state index in [9.17, 15) is 14.4 Å².